The van der Waals surface area contributed by atoms with Gasteiger partial charge in [0, 0.05) is 6.04 Å². The van der Waals surface area contributed by atoms with Crippen molar-refractivity contribution in [3.05, 3.63) is 34.9 Å². The second-order valence-electron chi connectivity index (χ2n) is 5.57. The van der Waals surface area contributed by atoms with Crippen molar-refractivity contribution in [2.24, 2.45) is 0 Å². The van der Waals surface area contributed by atoms with Gasteiger partial charge in [0.05, 0.1) is 7.11 Å². The van der Waals surface area contributed by atoms with Crippen LogP contribution in [0.5, 0.6) is 5.75 Å². The Labute approximate surface area is 125 Å². The van der Waals surface area contributed by atoms with Gasteiger partial charge >= 0.3 is 0 Å². The predicted molar refractivity (Wildman–Crippen MR) is 81.8 cm³/mol. The lowest BCUT2D eigenvalue weighted by molar-refractivity contribution is -0.117. The number of hydrogen-bond acceptors (Lipinski definition) is 3. The number of nitriles is 1. The summed E-state index contributed by atoms with van der Waals surface area (Å²) in [7, 11) is 1.64. The average Bonchev–Trinajstić information content (AvgIpc) is 3.28. The molecule has 0 aromatic heterocycles. The van der Waals surface area contributed by atoms with Crippen molar-refractivity contribution in [1.82, 2.24) is 5.32 Å². The zero-order valence-electron chi connectivity index (χ0n) is 12.6. The van der Waals surface area contributed by atoms with Crippen LogP contribution in [0.3, 0.4) is 0 Å². The highest BCUT2D eigenvalue weighted by atomic mass is 16.5. The van der Waals surface area contributed by atoms with Crippen LogP contribution < -0.4 is 10.1 Å². The normalized spacial score (nSPS) is 14.7. The Kier molecular flexibility index (Phi) is 4.64. The van der Waals surface area contributed by atoms with Gasteiger partial charge in [0.25, 0.3) is 5.91 Å². The summed E-state index contributed by atoms with van der Waals surface area (Å²) in [5.41, 5.74) is 2.04. The zero-order valence-corrected chi connectivity index (χ0v) is 12.6. The quantitative estimate of drug-likeness (QED) is 0.668. The molecule has 4 heteroatoms. The lowest BCUT2D eigenvalue weighted by Gasteiger charge is -2.12. The van der Waals surface area contributed by atoms with Crippen molar-refractivity contribution in [3.63, 3.8) is 0 Å². The van der Waals surface area contributed by atoms with E-state index in [0.717, 1.165) is 29.7 Å². The van der Waals surface area contributed by atoms with Crippen molar-refractivity contribution in [2.75, 3.05) is 7.11 Å². The third-order valence-corrected chi connectivity index (χ3v) is 3.46. The summed E-state index contributed by atoms with van der Waals surface area (Å²) < 4.78 is 5.34. The largest absolute Gasteiger partial charge is 0.496 e. The molecule has 4 nitrogen and oxygen atoms in total. The van der Waals surface area contributed by atoms with E-state index in [1.807, 2.05) is 24.3 Å². The van der Waals surface area contributed by atoms with Crippen molar-refractivity contribution in [2.45, 2.75) is 38.6 Å². The summed E-state index contributed by atoms with van der Waals surface area (Å²) >= 11 is 0. The van der Waals surface area contributed by atoms with Crippen LogP contribution in [0.15, 0.2) is 23.8 Å². The van der Waals surface area contributed by atoms with Gasteiger partial charge in [-0.3, -0.25) is 4.79 Å². The van der Waals surface area contributed by atoms with E-state index in [1.54, 1.807) is 13.2 Å². The fraction of sp³-hybridized carbons (Fsp3) is 0.412. The fourth-order valence-corrected chi connectivity index (χ4v) is 2.10. The Bertz CT molecular complexity index is 608. The Morgan fingerprint density at radius 3 is 2.71 bits per heavy atom. The number of amides is 1. The molecule has 1 aliphatic carbocycles. The Morgan fingerprint density at radius 2 is 2.19 bits per heavy atom. The van der Waals surface area contributed by atoms with E-state index >= 15 is 0 Å². The Hall–Kier alpha value is -2.28. The summed E-state index contributed by atoms with van der Waals surface area (Å²) in [4.78, 5) is 11.9. The Balaban J connectivity index is 2.27. The first-order valence-electron chi connectivity index (χ1n) is 7.15. The number of methoxy groups -OCH3 is 1. The maximum atomic E-state index is 11.9. The van der Waals surface area contributed by atoms with E-state index in [4.69, 9.17) is 10.00 Å². The van der Waals surface area contributed by atoms with Crippen molar-refractivity contribution >= 4 is 12.0 Å². The highest BCUT2D eigenvalue weighted by Gasteiger charge is 2.24. The molecule has 1 aliphatic rings. The number of carbonyl (C=O) groups is 1. The number of nitrogens with one attached hydrogen (secondary N) is 1. The highest BCUT2D eigenvalue weighted by Crippen LogP contribution is 2.28. The molecule has 0 spiro atoms. The highest BCUT2D eigenvalue weighted by molar-refractivity contribution is 6.02. The second-order valence-corrected chi connectivity index (χ2v) is 5.57. The molecule has 0 saturated heterocycles. The molecule has 0 bridgehead atoms. The van der Waals surface area contributed by atoms with Gasteiger partial charge in [0.15, 0.2) is 0 Å². The first kappa shape index (κ1) is 15.1. The van der Waals surface area contributed by atoms with Gasteiger partial charge in [-0.1, -0.05) is 19.9 Å². The topological polar surface area (TPSA) is 62.1 Å². The van der Waals surface area contributed by atoms with Crippen LogP contribution in [0, 0.1) is 11.3 Å². The molecular formula is C17H20N2O2. The van der Waals surface area contributed by atoms with E-state index in [-0.39, 0.29) is 17.5 Å². The first-order chi connectivity index (χ1) is 10.0. The number of hydrogen-bond donors (Lipinski definition) is 1. The maximum Gasteiger partial charge on any atom is 0.262 e. The van der Waals surface area contributed by atoms with Gasteiger partial charge in [0.2, 0.25) is 0 Å². The zero-order chi connectivity index (χ0) is 15.4. The summed E-state index contributed by atoms with van der Waals surface area (Å²) in [6.45, 7) is 4.16. The van der Waals surface area contributed by atoms with Crippen LogP contribution in [0.2, 0.25) is 0 Å². The Morgan fingerprint density at radius 1 is 1.48 bits per heavy atom. The number of rotatable bonds is 5. The molecule has 1 fully saturated rings. The molecule has 1 N–H and O–H groups in total. The summed E-state index contributed by atoms with van der Waals surface area (Å²) in [6.07, 6.45) is 3.64. The monoisotopic (exact) mass is 284 g/mol. The van der Waals surface area contributed by atoms with E-state index in [1.165, 1.54) is 0 Å². The molecule has 1 saturated carbocycles. The predicted octanol–water partition coefficient (Wildman–Crippen LogP) is 3.00. The standard InChI is InChI=1S/C17H20N2O2/c1-11(2)15-9-12(4-7-16(15)21-3)8-13(10-18)17(20)19-14-5-6-14/h4,7-9,11,14H,5-6H2,1-3H3,(H,19,20)/b13-8+. The molecule has 0 radical (unpaired) electrons. The van der Waals surface area contributed by atoms with Crippen LogP contribution in [-0.2, 0) is 4.79 Å². The summed E-state index contributed by atoms with van der Waals surface area (Å²) in [5.74, 6) is 0.837. The second kappa shape index (κ2) is 6.45. The average molecular weight is 284 g/mol. The SMILES string of the molecule is COc1ccc(/C=C(\C#N)C(=O)NC2CC2)cc1C(C)C. The van der Waals surface area contributed by atoms with Crippen LogP contribution >= 0.6 is 0 Å². The fourth-order valence-electron chi connectivity index (χ4n) is 2.10. The summed E-state index contributed by atoms with van der Waals surface area (Å²) in [6, 6.07) is 7.91. The summed E-state index contributed by atoms with van der Waals surface area (Å²) in [5, 5.41) is 12.0. The molecule has 0 atom stereocenters. The molecule has 21 heavy (non-hydrogen) atoms. The number of ether oxygens (including phenoxy) is 1. The lowest BCUT2D eigenvalue weighted by atomic mass is 9.98. The molecular weight excluding hydrogens is 264 g/mol. The molecule has 110 valence electrons. The third kappa shape index (κ3) is 3.85. The van der Waals surface area contributed by atoms with Crippen molar-refractivity contribution in [3.8, 4) is 11.8 Å². The van der Waals surface area contributed by atoms with Crippen LogP contribution in [-0.4, -0.2) is 19.1 Å². The lowest BCUT2D eigenvalue weighted by Crippen LogP contribution is -2.26. The minimum absolute atomic E-state index is 0.141. The van der Waals surface area contributed by atoms with Crippen LogP contribution in [0.25, 0.3) is 6.08 Å². The van der Waals surface area contributed by atoms with Crippen molar-refractivity contribution in [1.29, 1.82) is 5.26 Å². The van der Waals surface area contributed by atoms with Crippen LogP contribution in [0.4, 0.5) is 0 Å². The van der Waals surface area contributed by atoms with Gasteiger partial charge < -0.3 is 10.1 Å². The molecule has 0 heterocycles. The van der Waals surface area contributed by atoms with Gasteiger partial charge in [-0.2, -0.15) is 5.26 Å². The van der Waals surface area contributed by atoms with Gasteiger partial charge in [-0.15, -0.1) is 0 Å². The van der Waals surface area contributed by atoms with Gasteiger partial charge in [-0.25, -0.2) is 0 Å². The first-order valence-corrected chi connectivity index (χ1v) is 7.15. The van der Waals surface area contributed by atoms with E-state index in [0.29, 0.717) is 5.92 Å². The molecule has 2 rings (SSSR count). The maximum absolute atomic E-state index is 11.9. The minimum atomic E-state index is -0.290. The minimum Gasteiger partial charge on any atom is -0.496 e. The van der Waals surface area contributed by atoms with E-state index in [9.17, 15) is 4.79 Å². The van der Waals surface area contributed by atoms with Crippen molar-refractivity contribution < 1.29 is 9.53 Å². The molecule has 0 unspecified atom stereocenters. The number of carbonyl (C=O) groups excluding carboxylic acids is 1. The third-order valence-electron chi connectivity index (χ3n) is 3.46. The number of nitrogens with zero attached hydrogens (tertiary/aromatic N) is 1. The van der Waals surface area contributed by atoms with E-state index in [2.05, 4.69) is 19.2 Å². The molecule has 1 amide bonds. The number of benzene rings is 1. The molecule has 0 aliphatic heterocycles. The van der Waals surface area contributed by atoms with Gasteiger partial charge in [0.1, 0.15) is 17.4 Å². The molecule has 1 aromatic rings. The smallest absolute Gasteiger partial charge is 0.262 e. The van der Waals surface area contributed by atoms with Crippen LogP contribution in [0.1, 0.15) is 43.7 Å². The van der Waals surface area contributed by atoms with Gasteiger partial charge in [-0.05, 0) is 48.1 Å². The van der Waals surface area contributed by atoms with E-state index < -0.39 is 0 Å². The molecule has 1 aromatic carbocycles.